The lowest BCUT2D eigenvalue weighted by atomic mass is 10.0. The van der Waals surface area contributed by atoms with E-state index in [2.05, 4.69) is 43.7 Å². The van der Waals surface area contributed by atoms with Crippen LogP contribution in [-0.2, 0) is 0 Å². The van der Waals surface area contributed by atoms with Crippen LogP contribution in [0.15, 0.2) is 18.3 Å². The van der Waals surface area contributed by atoms with Crippen molar-refractivity contribution in [1.29, 1.82) is 0 Å². The number of hydrogen-bond acceptors (Lipinski definition) is 6. The number of nitrogens with one attached hydrogen (secondary N) is 3. The summed E-state index contributed by atoms with van der Waals surface area (Å²) in [4.78, 5) is 11.5. The van der Waals surface area contributed by atoms with E-state index in [0.717, 1.165) is 36.6 Å². The van der Waals surface area contributed by atoms with Gasteiger partial charge in [-0.15, -0.1) is 0 Å². The van der Waals surface area contributed by atoms with E-state index in [9.17, 15) is 0 Å². The van der Waals surface area contributed by atoms with E-state index in [1.165, 1.54) is 50.6 Å². The third kappa shape index (κ3) is 5.44. The molecule has 7 nitrogen and oxygen atoms in total. The van der Waals surface area contributed by atoms with Crippen LogP contribution in [0.5, 0.6) is 0 Å². The van der Waals surface area contributed by atoms with Gasteiger partial charge in [-0.2, -0.15) is 10.1 Å². The summed E-state index contributed by atoms with van der Waals surface area (Å²) in [6.07, 6.45) is 10.8. The zero-order chi connectivity index (χ0) is 19.8. The van der Waals surface area contributed by atoms with Crippen LogP contribution in [0.3, 0.4) is 0 Å². The predicted octanol–water partition coefficient (Wildman–Crippen LogP) is 4.06. The molecular weight excluding hydrogens is 350 g/mol. The van der Waals surface area contributed by atoms with Crippen molar-refractivity contribution in [3.8, 4) is 0 Å². The van der Waals surface area contributed by atoms with Gasteiger partial charge in [0.25, 0.3) is 0 Å². The molecule has 1 saturated heterocycles. The molecule has 154 valence electrons. The first kappa shape index (κ1) is 20.6. The standard InChI is InChI=1S/C19H28N6.C2H7N/c1-2-5-14-9-11-25(13-14)19-20-10-8-17(22-19)21-18-12-16(23-24-18)15-6-3-4-7-15;1-3-2/h8,10,12,14-15H,2-7,9,11,13H2,1H3,(H2,20,21,22,23,24);3H,1-2H3. The van der Waals surface area contributed by atoms with Crippen LogP contribution >= 0.6 is 0 Å². The maximum Gasteiger partial charge on any atom is 0.227 e. The van der Waals surface area contributed by atoms with Gasteiger partial charge in [0, 0.05) is 37.0 Å². The third-order valence-corrected chi connectivity index (χ3v) is 5.56. The van der Waals surface area contributed by atoms with E-state index in [1.54, 1.807) is 0 Å². The quantitative estimate of drug-likeness (QED) is 0.696. The average molecular weight is 386 g/mol. The van der Waals surface area contributed by atoms with Gasteiger partial charge in [-0.05, 0) is 51.8 Å². The number of H-pyrrole nitrogens is 1. The Labute approximate surface area is 168 Å². The number of aromatic nitrogens is 4. The van der Waals surface area contributed by atoms with E-state index < -0.39 is 0 Å². The molecule has 1 aliphatic carbocycles. The molecule has 28 heavy (non-hydrogen) atoms. The Bertz CT molecular complexity index is 708. The summed E-state index contributed by atoms with van der Waals surface area (Å²) in [5.74, 6) is 3.91. The molecule has 4 rings (SSSR count). The van der Waals surface area contributed by atoms with Crippen molar-refractivity contribution in [3.63, 3.8) is 0 Å². The molecule has 0 radical (unpaired) electrons. The van der Waals surface area contributed by atoms with Gasteiger partial charge in [0.05, 0.1) is 0 Å². The van der Waals surface area contributed by atoms with Crippen LogP contribution in [-0.4, -0.2) is 47.4 Å². The van der Waals surface area contributed by atoms with Crippen molar-refractivity contribution >= 4 is 17.6 Å². The molecule has 7 heteroatoms. The average Bonchev–Trinajstić information content (AvgIpc) is 3.45. The summed E-state index contributed by atoms with van der Waals surface area (Å²) in [5, 5.41) is 13.7. The first-order chi connectivity index (χ1) is 13.7. The SMILES string of the molecule is CCCC1CCN(c2nccc(Nc3cc(C4CCCC4)[nH]n3)n2)C1.CNC. The number of nitrogens with zero attached hydrogens (tertiary/aromatic N) is 4. The fourth-order valence-corrected chi connectivity index (χ4v) is 4.21. The molecular formula is C21H35N7. The lowest BCUT2D eigenvalue weighted by Gasteiger charge is -2.16. The molecule has 0 amide bonds. The lowest BCUT2D eigenvalue weighted by Crippen LogP contribution is -2.22. The normalized spacial score (nSPS) is 19.5. The van der Waals surface area contributed by atoms with E-state index in [4.69, 9.17) is 4.98 Å². The minimum absolute atomic E-state index is 0.643. The van der Waals surface area contributed by atoms with Gasteiger partial charge in [-0.1, -0.05) is 26.2 Å². The highest BCUT2D eigenvalue weighted by Crippen LogP contribution is 2.34. The van der Waals surface area contributed by atoms with Crippen molar-refractivity contribution in [2.75, 3.05) is 37.4 Å². The third-order valence-electron chi connectivity index (χ3n) is 5.56. The van der Waals surface area contributed by atoms with Crippen LogP contribution in [0.1, 0.15) is 63.5 Å². The summed E-state index contributed by atoms with van der Waals surface area (Å²) < 4.78 is 0. The molecule has 2 aromatic heterocycles. The topological polar surface area (TPSA) is 81.8 Å². The van der Waals surface area contributed by atoms with Gasteiger partial charge in [-0.25, -0.2) is 4.98 Å². The largest absolute Gasteiger partial charge is 0.340 e. The van der Waals surface area contributed by atoms with Crippen LogP contribution < -0.4 is 15.5 Å². The Kier molecular flexibility index (Phi) is 7.65. The second kappa shape index (κ2) is 10.4. The second-order valence-corrected chi connectivity index (χ2v) is 7.95. The van der Waals surface area contributed by atoms with Crippen molar-refractivity contribution in [2.24, 2.45) is 5.92 Å². The Balaban J connectivity index is 0.000000706. The van der Waals surface area contributed by atoms with Gasteiger partial charge in [0.2, 0.25) is 5.95 Å². The van der Waals surface area contributed by atoms with E-state index >= 15 is 0 Å². The predicted molar refractivity (Wildman–Crippen MR) is 115 cm³/mol. The summed E-state index contributed by atoms with van der Waals surface area (Å²) in [6.45, 7) is 4.39. The molecule has 1 aliphatic heterocycles. The molecule has 3 N–H and O–H groups in total. The fourth-order valence-electron chi connectivity index (χ4n) is 4.21. The first-order valence-corrected chi connectivity index (χ1v) is 10.7. The summed E-state index contributed by atoms with van der Waals surface area (Å²) >= 11 is 0. The van der Waals surface area contributed by atoms with E-state index in [-0.39, 0.29) is 0 Å². The highest BCUT2D eigenvalue weighted by molar-refractivity contribution is 5.53. The summed E-state index contributed by atoms with van der Waals surface area (Å²) in [6, 6.07) is 4.04. The molecule has 1 saturated carbocycles. The Morgan fingerprint density at radius 1 is 1.18 bits per heavy atom. The van der Waals surface area contributed by atoms with Crippen molar-refractivity contribution < 1.29 is 0 Å². The Morgan fingerprint density at radius 2 is 1.96 bits per heavy atom. The Hall–Kier alpha value is -2.15. The number of rotatable bonds is 6. The van der Waals surface area contributed by atoms with Gasteiger partial charge in [0.1, 0.15) is 5.82 Å². The smallest absolute Gasteiger partial charge is 0.227 e. The fraction of sp³-hybridized carbons (Fsp3) is 0.667. The molecule has 2 aliphatic rings. The molecule has 2 fully saturated rings. The number of hydrogen-bond donors (Lipinski definition) is 3. The second-order valence-electron chi connectivity index (χ2n) is 7.95. The first-order valence-electron chi connectivity index (χ1n) is 10.7. The molecule has 3 heterocycles. The van der Waals surface area contributed by atoms with Gasteiger partial charge < -0.3 is 15.5 Å². The van der Waals surface area contributed by atoms with Gasteiger partial charge in [-0.3, -0.25) is 5.10 Å². The zero-order valence-electron chi connectivity index (χ0n) is 17.5. The van der Waals surface area contributed by atoms with E-state index in [0.29, 0.717) is 5.92 Å². The minimum Gasteiger partial charge on any atom is -0.340 e. The molecule has 0 aromatic carbocycles. The van der Waals surface area contributed by atoms with Crippen molar-refractivity contribution in [3.05, 3.63) is 24.0 Å². The van der Waals surface area contributed by atoms with Gasteiger partial charge >= 0.3 is 0 Å². The summed E-state index contributed by atoms with van der Waals surface area (Å²) in [5.41, 5.74) is 1.25. The number of aromatic amines is 1. The van der Waals surface area contributed by atoms with Crippen molar-refractivity contribution in [1.82, 2.24) is 25.5 Å². The summed E-state index contributed by atoms with van der Waals surface area (Å²) in [7, 11) is 3.75. The van der Waals surface area contributed by atoms with Crippen LogP contribution in [0.4, 0.5) is 17.6 Å². The zero-order valence-corrected chi connectivity index (χ0v) is 17.5. The highest BCUT2D eigenvalue weighted by atomic mass is 15.3. The monoisotopic (exact) mass is 385 g/mol. The lowest BCUT2D eigenvalue weighted by molar-refractivity contribution is 0.529. The maximum atomic E-state index is 4.70. The van der Waals surface area contributed by atoms with E-state index in [1.807, 2.05) is 26.4 Å². The highest BCUT2D eigenvalue weighted by Gasteiger charge is 2.24. The molecule has 0 bridgehead atoms. The number of anilines is 3. The van der Waals surface area contributed by atoms with Crippen molar-refractivity contribution in [2.45, 2.75) is 57.8 Å². The maximum absolute atomic E-state index is 4.70. The van der Waals surface area contributed by atoms with Crippen LogP contribution in [0.25, 0.3) is 0 Å². The Morgan fingerprint density at radius 3 is 2.71 bits per heavy atom. The van der Waals surface area contributed by atoms with Gasteiger partial charge in [0.15, 0.2) is 5.82 Å². The van der Waals surface area contributed by atoms with Crippen LogP contribution in [0.2, 0.25) is 0 Å². The molecule has 1 unspecified atom stereocenters. The minimum atomic E-state index is 0.643. The molecule has 2 aromatic rings. The molecule has 0 spiro atoms. The van der Waals surface area contributed by atoms with Crippen LogP contribution in [0, 0.1) is 5.92 Å². The molecule has 1 atom stereocenters.